The molecule has 2 aromatic rings. The van der Waals surface area contributed by atoms with E-state index < -0.39 is 0 Å². The topological polar surface area (TPSA) is 70.9 Å². The van der Waals surface area contributed by atoms with Crippen molar-refractivity contribution < 1.29 is 0 Å². The quantitative estimate of drug-likeness (QED) is 0.712. The van der Waals surface area contributed by atoms with Crippen LogP contribution in [0.2, 0.25) is 0 Å². The molecule has 0 aliphatic rings. The van der Waals surface area contributed by atoms with Gasteiger partial charge in [-0.1, -0.05) is 17.4 Å². The van der Waals surface area contributed by atoms with Crippen molar-refractivity contribution in [2.75, 3.05) is 11.1 Å². The number of H-pyrrole nitrogens is 1. The molecule has 0 bridgehead atoms. The second-order valence-corrected chi connectivity index (χ2v) is 4.46. The maximum Gasteiger partial charge on any atom is 0.304 e. The predicted octanol–water partition coefficient (Wildman–Crippen LogP) is 1.94. The molecule has 0 radical (unpaired) electrons. The average molecular weight is 235 g/mol. The first-order valence-corrected chi connectivity index (χ1v) is 5.80. The Morgan fingerprint density at radius 1 is 1.50 bits per heavy atom. The molecule has 1 aromatic heterocycles. The van der Waals surface area contributed by atoms with E-state index in [1.165, 1.54) is 0 Å². The van der Waals surface area contributed by atoms with E-state index in [2.05, 4.69) is 10.3 Å². The summed E-state index contributed by atoms with van der Waals surface area (Å²) in [4.78, 5) is 13.6. The van der Waals surface area contributed by atoms with Gasteiger partial charge in [-0.05, 0) is 24.6 Å². The molecule has 0 aliphatic carbocycles. The summed E-state index contributed by atoms with van der Waals surface area (Å²) >= 11 is 1.16. The van der Waals surface area contributed by atoms with Crippen molar-refractivity contribution in [3.8, 4) is 0 Å². The minimum Gasteiger partial charge on any atom is -0.397 e. The van der Waals surface area contributed by atoms with Gasteiger partial charge in [-0.15, -0.1) is 0 Å². The number of rotatable bonds is 3. The third kappa shape index (κ3) is 2.43. The lowest BCUT2D eigenvalue weighted by atomic mass is 10.2. The lowest BCUT2D eigenvalue weighted by molar-refractivity contribution is 1.06. The lowest BCUT2D eigenvalue weighted by Gasteiger charge is -2.08. The number of thiazole rings is 1. The van der Waals surface area contributed by atoms with E-state index >= 15 is 0 Å². The molecule has 0 aliphatic heterocycles. The minimum atomic E-state index is -0.0333. The average Bonchev–Trinajstić information content (AvgIpc) is 2.66. The summed E-state index contributed by atoms with van der Waals surface area (Å²) in [7, 11) is 0. The van der Waals surface area contributed by atoms with Crippen molar-refractivity contribution in [3.63, 3.8) is 0 Å². The molecule has 0 amide bonds. The number of hydrogen-bond acceptors (Lipinski definition) is 4. The van der Waals surface area contributed by atoms with Crippen LogP contribution in [0.3, 0.4) is 0 Å². The molecular weight excluding hydrogens is 222 g/mol. The molecule has 16 heavy (non-hydrogen) atoms. The Morgan fingerprint density at radius 3 is 3.00 bits per heavy atom. The van der Waals surface area contributed by atoms with E-state index in [4.69, 9.17) is 5.73 Å². The van der Waals surface area contributed by atoms with Gasteiger partial charge in [-0.25, -0.2) is 0 Å². The summed E-state index contributed by atoms with van der Waals surface area (Å²) in [5.41, 5.74) is 9.45. The smallest absolute Gasteiger partial charge is 0.304 e. The van der Waals surface area contributed by atoms with Gasteiger partial charge in [-0.2, -0.15) is 0 Å². The Balaban J connectivity index is 2.10. The number of benzene rings is 1. The fraction of sp³-hybridized carbons (Fsp3) is 0.182. The highest BCUT2D eigenvalue weighted by Crippen LogP contribution is 2.20. The molecule has 0 unspecified atom stereocenters. The van der Waals surface area contributed by atoms with E-state index in [1.807, 2.05) is 25.1 Å². The second kappa shape index (κ2) is 4.40. The zero-order valence-electron chi connectivity index (χ0n) is 8.91. The Hall–Kier alpha value is -1.75. The van der Waals surface area contributed by atoms with Gasteiger partial charge in [0.25, 0.3) is 0 Å². The first-order chi connectivity index (χ1) is 7.65. The van der Waals surface area contributed by atoms with Crippen molar-refractivity contribution in [1.82, 2.24) is 4.98 Å². The van der Waals surface area contributed by atoms with Crippen molar-refractivity contribution in [3.05, 3.63) is 44.5 Å². The van der Waals surface area contributed by atoms with Gasteiger partial charge >= 0.3 is 4.87 Å². The van der Waals surface area contributed by atoms with Gasteiger partial charge in [0.15, 0.2) is 0 Å². The number of aryl methyl sites for hydroxylation is 1. The van der Waals surface area contributed by atoms with Crippen LogP contribution in [-0.2, 0) is 6.54 Å². The highest BCUT2D eigenvalue weighted by molar-refractivity contribution is 7.07. The molecule has 1 heterocycles. The maximum atomic E-state index is 10.9. The normalized spacial score (nSPS) is 10.3. The van der Waals surface area contributed by atoms with Crippen LogP contribution in [0.25, 0.3) is 0 Å². The SMILES string of the molecule is Cc1ccc(N)c(NCc2csc(=O)[nH]2)c1. The van der Waals surface area contributed by atoms with Crippen molar-refractivity contribution in [2.45, 2.75) is 13.5 Å². The number of hydrogen-bond donors (Lipinski definition) is 3. The second-order valence-electron chi connectivity index (χ2n) is 3.62. The van der Waals surface area contributed by atoms with Crippen LogP contribution in [0.15, 0.2) is 28.4 Å². The molecule has 1 aromatic carbocycles. The van der Waals surface area contributed by atoms with Crippen LogP contribution in [0.5, 0.6) is 0 Å². The zero-order valence-corrected chi connectivity index (χ0v) is 9.73. The van der Waals surface area contributed by atoms with Crippen molar-refractivity contribution >= 4 is 22.7 Å². The highest BCUT2D eigenvalue weighted by atomic mass is 32.1. The Kier molecular flexibility index (Phi) is 2.96. The highest BCUT2D eigenvalue weighted by Gasteiger charge is 2.00. The molecule has 5 heteroatoms. The van der Waals surface area contributed by atoms with Gasteiger partial charge in [-0.3, -0.25) is 4.79 Å². The Morgan fingerprint density at radius 2 is 2.31 bits per heavy atom. The summed E-state index contributed by atoms with van der Waals surface area (Å²) in [6, 6.07) is 5.82. The standard InChI is InChI=1S/C11H13N3OS/c1-7-2-3-9(12)10(4-7)13-5-8-6-16-11(15)14-8/h2-4,6,13H,5,12H2,1H3,(H,14,15). The molecule has 84 valence electrons. The van der Waals surface area contributed by atoms with Crippen LogP contribution in [0, 0.1) is 6.92 Å². The molecule has 0 atom stereocenters. The van der Waals surface area contributed by atoms with Gasteiger partial charge in [0.05, 0.1) is 17.9 Å². The zero-order chi connectivity index (χ0) is 11.5. The molecular formula is C11H13N3OS. The summed E-state index contributed by atoms with van der Waals surface area (Å²) in [5, 5.41) is 5.00. The van der Waals surface area contributed by atoms with Crippen LogP contribution < -0.4 is 15.9 Å². The van der Waals surface area contributed by atoms with Gasteiger partial charge < -0.3 is 16.0 Å². The molecule has 0 fully saturated rings. The number of nitrogen functional groups attached to an aromatic ring is 1. The van der Waals surface area contributed by atoms with Gasteiger partial charge in [0, 0.05) is 11.1 Å². The van der Waals surface area contributed by atoms with Gasteiger partial charge in [0.2, 0.25) is 0 Å². The van der Waals surface area contributed by atoms with Crippen LogP contribution >= 0.6 is 11.3 Å². The summed E-state index contributed by atoms with van der Waals surface area (Å²) in [6.07, 6.45) is 0. The first-order valence-electron chi connectivity index (χ1n) is 4.92. The van der Waals surface area contributed by atoms with Crippen LogP contribution in [-0.4, -0.2) is 4.98 Å². The molecule has 0 saturated carbocycles. The Labute approximate surface area is 97.1 Å². The third-order valence-electron chi connectivity index (χ3n) is 2.25. The number of aromatic amines is 1. The Bertz CT molecular complexity index is 544. The minimum absolute atomic E-state index is 0.0333. The van der Waals surface area contributed by atoms with Crippen LogP contribution in [0.4, 0.5) is 11.4 Å². The number of aromatic nitrogens is 1. The van der Waals surface area contributed by atoms with E-state index in [9.17, 15) is 4.79 Å². The molecule has 0 spiro atoms. The fourth-order valence-electron chi connectivity index (χ4n) is 1.41. The number of nitrogens with two attached hydrogens (primary N) is 1. The maximum absolute atomic E-state index is 10.9. The lowest BCUT2D eigenvalue weighted by Crippen LogP contribution is -2.04. The molecule has 2 rings (SSSR count). The van der Waals surface area contributed by atoms with E-state index in [-0.39, 0.29) is 4.87 Å². The first kappa shape index (κ1) is 10.8. The summed E-state index contributed by atoms with van der Waals surface area (Å²) < 4.78 is 0. The monoisotopic (exact) mass is 235 g/mol. The molecule has 0 saturated heterocycles. The largest absolute Gasteiger partial charge is 0.397 e. The molecule has 4 N–H and O–H groups in total. The van der Waals surface area contributed by atoms with E-state index in [1.54, 1.807) is 5.38 Å². The van der Waals surface area contributed by atoms with E-state index in [0.717, 1.165) is 28.3 Å². The van der Waals surface area contributed by atoms with Crippen LogP contribution in [0.1, 0.15) is 11.3 Å². The van der Waals surface area contributed by atoms with Crippen molar-refractivity contribution in [2.24, 2.45) is 0 Å². The molecule has 4 nitrogen and oxygen atoms in total. The number of anilines is 2. The fourth-order valence-corrected chi connectivity index (χ4v) is 2.00. The predicted molar refractivity (Wildman–Crippen MR) is 67.9 cm³/mol. The summed E-state index contributed by atoms with van der Waals surface area (Å²) in [6.45, 7) is 2.59. The van der Waals surface area contributed by atoms with E-state index in [0.29, 0.717) is 12.2 Å². The third-order valence-corrected chi connectivity index (χ3v) is 2.97. The van der Waals surface area contributed by atoms with Gasteiger partial charge in [0.1, 0.15) is 0 Å². The number of nitrogens with one attached hydrogen (secondary N) is 2. The summed E-state index contributed by atoms with van der Waals surface area (Å²) in [5.74, 6) is 0. The van der Waals surface area contributed by atoms with Crippen molar-refractivity contribution in [1.29, 1.82) is 0 Å².